The minimum Gasteiger partial charge on any atom is -0.467 e. The van der Waals surface area contributed by atoms with Crippen molar-refractivity contribution in [3.8, 4) is 5.69 Å². The maximum absolute atomic E-state index is 12.3. The van der Waals surface area contributed by atoms with Crippen LogP contribution in [-0.2, 0) is 19.1 Å². The smallest absolute Gasteiger partial charge is 0.338 e. The number of amides is 1. The lowest BCUT2D eigenvalue weighted by atomic mass is 9.99. The molecule has 1 amide bonds. The van der Waals surface area contributed by atoms with Gasteiger partial charge < -0.3 is 14.8 Å². The lowest BCUT2D eigenvalue weighted by Crippen LogP contribution is -2.47. The second kappa shape index (κ2) is 9.88. The van der Waals surface area contributed by atoms with Crippen LogP contribution < -0.4 is 5.32 Å². The molecule has 0 aliphatic heterocycles. The van der Waals surface area contributed by atoms with Crippen LogP contribution in [0.4, 0.5) is 0 Å². The fourth-order valence-corrected chi connectivity index (χ4v) is 3.15. The number of para-hydroxylation sites is 2. The molecule has 2 atom stereocenters. The Morgan fingerprint density at radius 2 is 1.81 bits per heavy atom. The first-order valence-corrected chi connectivity index (χ1v) is 10.0. The molecule has 0 bridgehead atoms. The summed E-state index contributed by atoms with van der Waals surface area (Å²) in [6.45, 7) is 3.25. The summed E-state index contributed by atoms with van der Waals surface area (Å²) in [5.74, 6) is -1.84. The number of imidazole rings is 1. The van der Waals surface area contributed by atoms with Crippen molar-refractivity contribution in [3.63, 3.8) is 0 Å². The third kappa shape index (κ3) is 5.09. The Hall–Kier alpha value is -3.68. The zero-order valence-electron chi connectivity index (χ0n) is 17.7. The summed E-state index contributed by atoms with van der Waals surface area (Å²) in [7, 11) is 1.26. The fraction of sp³-hybridized carbons (Fsp3) is 0.304. The third-order valence-corrected chi connectivity index (χ3v) is 5.15. The van der Waals surface area contributed by atoms with E-state index in [9.17, 15) is 14.4 Å². The van der Waals surface area contributed by atoms with Crippen LogP contribution >= 0.6 is 0 Å². The molecule has 3 rings (SSSR count). The van der Waals surface area contributed by atoms with Crippen molar-refractivity contribution in [2.45, 2.75) is 26.3 Å². The van der Waals surface area contributed by atoms with Gasteiger partial charge in [-0.2, -0.15) is 0 Å². The second-order valence-electron chi connectivity index (χ2n) is 7.18. The van der Waals surface area contributed by atoms with Gasteiger partial charge in [0.2, 0.25) is 0 Å². The van der Waals surface area contributed by atoms with Crippen molar-refractivity contribution < 1.29 is 23.9 Å². The molecule has 162 valence electrons. The molecule has 0 unspecified atom stereocenters. The van der Waals surface area contributed by atoms with E-state index in [2.05, 4.69) is 10.3 Å². The Bertz CT molecular complexity index is 1070. The van der Waals surface area contributed by atoms with Gasteiger partial charge in [0, 0.05) is 5.69 Å². The highest BCUT2D eigenvalue weighted by Crippen LogP contribution is 2.18. The Balaban J connectivity index is 1.60. The number of carbonyl (C=O) groups is 3. The molecule has 0 aliphatic rings. The summed E-state index contributed by atoms with van der Waals surface area (Å²) in [4.78, 5) is 40.7. The molecule has 0 saturated carbocycles. The van der Waals surface area contributed by atoms with E-state index in [1.807, 2.05) is 42.7 Å². The highest BCUT2D eigenvalue weighted by Gasteiger charge is 2.27. The van der Waals surface area contributed by atoms with E-state index in [0.717, 1.165) is 16.7 Å². The number of aromatic nitrogens is 2. The first-order chi connectivity index (χ1) is 14.9. The average Bonchev–Trinajstić information content (AvgIpc) is 3.24. The summed E-state index contributed by atoms with van der Waals surface area (Å²) in [5.41, 5.74) is 2.99. The molecule has 0 saturated heterocycles. The van der Waals surface area contributed by atoms with Gasteiger partial charge in [-0.25, -0.2) is 14.6 Å². The van der Waals surface area contributed by atoms with Gasteiger partial charge in [0.1, 0.15) is 12.4 Å². The Kier molecular flexibility index (Phi) is 7.02. The van der Waals surface area contributed by atoms with Gasteiger partial charge in [0.25, 0.3) is 5.91 Å². The average molecular weight is 423 g/mol. The number of methoxy groups -OCH3 is 1. The molecule has 0 spiro atoms. The number of esters is 2. The van der Waals surface area contributed by atoms with Crippen molar-refractivity contribution in [1.82, 2.24) is 14.9 Å². The van der Waals surface area contributed by atoms with Crippen molar-refractivity contribution in [3.05, 3.63) is 60.4 Å². The molecular weight excluding hydrogens is 398 g/mol. The van der Waals surface area contributed by atoms with Crippen LogP contribution in [0.3, 0.4) is 0 Å². The van der Waals surface area contributed by atoms with Gasteiger partial charge in [-0.05, 0) is 42.3 Å². The van der Waals surface area contributed by atoms with Crippen LogP contribution in [0.25, 0.3) is 16.7 Å². The zero-order chi connectivity index (χ0) is 22.4. The van der Waals surface area contributed by atoms with Crippen LogP contribution in [0.5, 0.6) is 0 Å². The quantitative estimate of drug-likeness (QED) is 0.560. The topological polar surface area (TPSA) is 99.5 Å². The van der Waals surface area contributed by atoms with E-state index in [0.29, 0.717) is 12.0 Å². The number of fused-ring (bicyclic) bond motifs is 1. The molecule has 1 heterocycles. The molecule has 8 heteroatoms. The Morgan fingerprint density at radius 1 is 1.10 bits per heavy atom. The minimum absolute atomic E-state index is 0.112. The highest BCUT2D eigenvalue weighted by molar-refractivity contribution is 5.92. The standard InChI is InChI=1S/C23H25N3O5/c1-4-15(2)21(23(29)30-3)25-20(27)13-31-22(28)16-9-11-17(12-10-16)26-14-24-18-7-5-6-8-19(18)26/h5-12,14-15,21H,4,13H2,1-3H3,(H,25,27)/t15-,21-/m1/s1. The number of nitrogens with zero attached hydrogens (tertiary/aromatic N) is 2. The van der Waals surface area contributed by atoms with Crippen LogP contribution in [0, 0.1) is 5.92 Å². The predicted molar refractivity (Wildman–Crippen MR) is 115 cm³/mol. The first kappa shape index (κ1) is 22.0. The molecule has 31 heavy (non-hydrogen) atoms. The largest absolute Gasteiger partial charge is 0.467 e. The normalized spacial score (nSPS) is 12.7. The maximum atomic E-state index is 12.3. The van der Waals surface area contributed by atoms with E-state index in [1.54, 1.807) is 30.6 Å². The molecule has 0 aliphatic carbocycles. The van der Waals surface area contributed by atoms with Crippen molar-refractivity contribution in [2.75, 3.05) is 13.7 Å². The first-order valence-electron chi connectivity index (χ1n) is 10.0. The predicted octanol–water partition coefficient (Wildman–Crippen LogP) is 2.89. The van der Waals surface area contributed by atoms with Gasteiger partial charge >= 0.3 is 11.9 Å². The van der Waals surface area contributed by atoms with E-state index >= 15 is 0 Å². The zero-order valence-corrected chi connectivity index (χ0v) is 17.7. The molecule has 8 nitrogen and oxygen atoms in total. The maximum Gasteiger partial charge on any atom is 0.338 e. The number of benzene rings is 2. The summed E-state index contributed by atoms with van der Waals surface area (Å²) in [6.07, 6.45) is 2.40. The molecular formula is C23H25N3O5. The fourth-order valence-electron chi connectivity index (χ4n) is 3.15. The molecule has 0 radical (unpaired) electrons. The summed E-state index contributed by atoms with van der Waals surface area (Å²) in [6, 6.07) is 13.8. The summed E-state index contributed by atoms with van der Waals surface area (Å²) < 4.78 is 11.7. The van der Waals surface area contributed by atoms with Crippen molar-refractivity contribution in [1.29, 1.82) is 0 Å². The third-order valence-electron chi connectivity index (χ3n) is 5.15. The van der Waals surface area contributed by atoms with Gasteiger partial charge in [0.15, 0.2) is 6.61 Å². The SMILES string of the molecule is CC[C@@H](C)[C@@H](NC(=O)COC(=O)c1ccc(-n2cnc3ccccc32)cc1)C(=O)OC. The lowest BCUT2D eigenvalue weighted by Gasteiger charge is -2.21. The van der Waals surface area contributed by atoms with E-state index in [1.165, 1.54) is 7.11 Å². The van der Waals surface area contributed by atoms with E-state index in [-0.39, 0.29) is 5.92 Å². The van der Waals surface area contributed by atoms with Crippen molar-refractivity contribution >= 4 is 28.9 Å². The van der Waals surface area contributed by atoms with Gasteiger partial charge in [-0.3, -0.25) is 9.36 Å². The number of rotatable bonds is 8. The van der Waals surface area contributed by atoms with Gasteiger partial charge in [-0.1, -0.05) is 32.4 Å². The summed E-state index contributed by atoms with van der Waals surface area (Å²) in [5, 5.41) is 2.57. The molecule has 3 aromatic rings. The minimum atomic E-state index is -0.787. The summed E-state index contributed by atoms with van der Waals surface area (Å²) >= 11 is 0. The van der Waals surface area contributed by atoms with E-state index < -0.39 is 30.5 Å². The van der Waals surface area contributed by atoms with Crippen LogP contribution in [0.1, 0.15) is 30.6 Å². The molecule has 1 aromatic heterocycles. The second-order valence-corrected chi connectivity index (χ2v) is 7.18. The number of carbonyl (C=O) groups excluding carboxylic acids is 3. The Labute approximate surface area is 180 Å². The molecule has 1 N–H and O–H groups in total. The van der Waals surface area contributed by atoms with Crippen molar-refractivity contribution in [2.24, 2.45) is 5.92 Å². The van der Waals surface area contributed by atoms with Gasteiger partial charge in [0.05, 0.1) is 23.7 Å². The number of hydrogen-bond acceptors (Lipinski definition) is 6. The van der Waals surface area contributed by atoms with Crippen LogP contribution in [0.2, 0.25) is 0 Å². The number of ether oxygens (including phenoxy) is 2. The van der Waals surface area contributed by atoms with Crippen LogP contribution in [-0.4, -0.2) is 47.2 Å². The van der Waals surface area contributed by atoms with Gasteiger partial charge in [-0.15, -0.1) is 0 Å². The highest BCUT2D eigenvalue weighted by atomic mass is 16.5. The van der Waals surface area contributed by atoms with Crippen LogP contribution in [0.15, 0.2) is 54.9 Å². The van der Waals surface area contributed by atoms with E-state index in [4.69, 9.17) is 9.47 Å². The molecule has 0 fully saturated rings. The lowest BCUT2D eigenvalue weighted by molar-refractivity contribution is -0.147. The number of nitrogens with one attached hydrogen (secondary N) is 1. The monoisotopic (exact) mass is 423 g/mol. The number of hydrogen-bond donors (Lipinski definition) is 1. The Morgan fingerprint density at radius 3 is 2.48 bits per heavy atom. The molecule has 2 aromatic carbocycles.